The van der Waals surface area contributed by atoms with Gasteiger partial charge in [-0.1, -0.05) is 30.3 Å². The summed E-state index contributed by atoms with van der Waals surface area (Å²) in [5.74, 6) is 0.0149. The van der Waals surface area contributed by atoms with E-state index in [2.05, 4.69) is 34.5 Å². The zero-order chi connectivity index (χ0) is 19.9. The monoisotopic (exact) mass is 385 g/mol. The van der Waals surface area contributed by atoms with Crippen LogP contribution in [0.15, 0.2) is 47.4 Å². The normalized spacial score (nSPS) is 15.4. The summed E-state index contributed by atoms with van der Waals surface area (Å²) in [5, 5.41) is 12.5. The number of benzene rings is 1. The number of aliphatic hydroxyl groups is 1. The van der Waals surface area contributed by atoms with Gasteiger partial charge in [0.1, 0.15) is 6.54 Å². The second-order valence-corrected chi connectivity index (χ2v) is 7.09. The molecule has 1 aromatic carbocycles. The van der Waals surface area contributed by atoms with E-state index in [0.29, 0.717) is 5.69 Å². The molecule has 0 atom stereocenters. The molecule has 2 N–H and O–H groups in total. The zero-order valence-corrected chi connectivity index (χ0v) is 16.1. The van der Waals surface area contributed by atoms with Crippen molar-refractivity contribution < 1.29 is 14.6 Å². The van der Waals surface area contributed by atoms with Crippen LogP contribution >= 0.6 is 0 Å². The van der Waals surface area contributed by atoms with Gasteiger partial charge in [0.2, 0.25) is 11.3 Å². The lowest BCUT2D eigenvalue weighted by Gasteiger charge is -2.32. The molecule has 1 aliphatic heterocycles. The van der Waals surface area contributed by atoms with Gasteiger partial charge in [0.25, 0.3) is 0 Å². The standard InChI is InChI=1S/C21H27N3O4/c1-28-20-13-24(18(15-25)11-19(20)26)14-21(27)22-17-7-9-23(10-8-17)12-16-5-3-2-4-6-16/h2-6,11,13,17,25H,7-10,12,14-15H2,1H3,(H,22,27). The molecular weight excluding hydrogens is 358 g/mol. The number of methoxy groups -OCH3 is 1. The number of carbonyl (C=O) groups excluding carboxylic acids is 1. The topological polar surface area (TPSA) is 83.8 Å². The smallest absolute Gasteiger partial charge is 0.240 e. The van der Waals surface area contributed by atoms with E-state index in [4.69, 9.17) is 4.74 Å². The number of hydrogen-bond donors (Lipinski definition) is 2. The van der Waals surface area contributed by atoms with Gasteiger partial charge in [-0.05, 0) is 18.4 Å². The van der Waals surface area contributed by atoms with E-state index in [0.717, 1.165) is 32.5 Å². The summed E-state index contributed by atoms with van der Waals surface area (Å²) in [6.07, 6.45) is 3.27. The molecule has 0 saturated carbocycles. The lowest BCUT2D eigenvalue weighted by molar-refractivity contribution is -0.122. The lowest BCUT2D eigenvalue weighted by atomic mass is 10.0. The first kappa shape index (κ1) is 20.1. The van der Waals surface area contributed by atoms with Gasteiger partial charge >= 0.3 is 0 Å². The maximum Gasteiger partial charge on any atom is 0.240 e. The highest BCUT2D eigenvalue weighted by Gasteiger charge is 2.21. The summed E-state index contributed by atoms with van der Waals surface area (Å²) >= 11 is 0. The largest absolute Gasteiger partial charge is 0.491 e. The Morgan fingerprint density at radius 2 is 1.96 bits per heavy atom. The summed E-state index contributed by atoms with van der Waals surface area (Å²) in [6.45, 7) is 2.53. The third kappa shape index (κ3) is 5.21. The van der Waals surface area contributed by atoms with Gasteiger partial charge in [-0.2, -0.15) is 0 Å². The molecule has 1 fully saturated rings. The van der Waals surface area contributed by atoms with Gasteiger partial charge in [-0.15, -0.1) is 0 Å². The average Bonchev–Trinajstić information content (AvgIpc) is 2.71. The van der Waals surface area contributed by atoms with Gasteiger partial charge < -0.3 is 19.7 Å². The number of pyridine rings is 1. The molecule has 0 spiro atoms. The van der Waals surface area contributed by atoms with Gasteiger partial charge in [0.05, 0.1) is 19.9 Å². The molecule has 0 aliphatic carbocycles. The van der Waals surface area contributed by atoms with Gasteiger partial charge in [-0.25, -0.2) is 0 Å². The minimum atomic E-state index is -0.315. The van der Waals surface area contributed by atoms with Gasteiger partial charge in [0, 0.05) is 37.4 Å². The Kier molecular flexibility index (Phi) is 6.84. The number of ether oxygens (including phenoxy) is 1. The third-order valence-corrected chi connectivity index (χ3v) is 5.08. The highest BCUT2D eigenvalue weighted by Crippen LogP contribution is 2.14. The van der Waals surface area contributed by atoms with Crippen LogP contribution in [0.5, 0.6) is 5.75 Å². The molecular formula is C21H27N3O4. The SMILES string of the molecule is COc1cn(CC(=O)NC2CCN(Cc3ccccc3)CC2)c(CO)cc1=O. The number of piperidine rings is 1. The van der Waals surface area contributed by atoms with Crippen LogP contribution < -0.4 is 15.5 Å². The van der Waals surface area contributed by atoms with Crippen molar-refractivity contribution in [2.45, 2.75) is 38.6 Å². The van der Waals surface area contributed by atoms with Gasteiger partial charge in [0.15, 0.2) is 5.75 Å². The van der Waals surface area contributed by atoms with E-state index < -0.39 is 0 Å². The van der Waals surface area contributed by atoms with Crippen LogP contribution in [0.4, 0.5) is 0 Å². The maximum atomic E-state index is 12.5. The van der Waals surface area contributed by atoms with Crippen LogP contribution in [-0.4, -0.2) is 46.7 Å². The van der Waals surface area contributed by atoms with Crippen LogP contribution in [0.3, 0.4) is 0 Å². The second kappa shape index (κ2) is 9.52. The third-order valence-electron chi connectivity index (χ3n) is 5.08. The number of aliphatic hydroxyl groups excluding tert-OH is 1. The Morgan fingerprint density at radius 3 is 2.61 bits per heavy atom. The molecule has 0 unspecified atom stereocenters. The second-order valence-electron chi connectivity index (χ2n) is 7.09. The Labute approximate surface area is 164 Å². The van der Waals surface area contributed by atoms with Crippen LogP contribution in [-0.2, 0) is 24.5 Å². The Hall–Kier alpha value is -2.64. The van der Waals surface area contributed by atoms with Crippen molar-refractivity contribution in [3.63, 3.8) is 0 Å². The first-order chi connectivity index (χ1) is 13.6. The molecule has 2 aromatic rings. The van der Waals surface area contributed by atoms with Crippen molar-refractivity contribution in [2.75, 3.05) is 20.2 Å². The molecule has 7 nitrogen and oxygen atoms in total. The fourth-order valence-corrected chi connectivity index (χ4v) is 3.54. The molecule has 7 heteroatoms. The Bertz CT molecular complexity index is 842. The number of nitrogens with one attached hydrogen (secondary N) is 1. The Morgan fingerprint density at radius 1 is 1.25 bits per heavy atom. The number of nitrogens with zero attached hydrogens (tertiary/aromatic N) is 2. The number of aromatic nitrogens is 1. The molecule has 1 amide bonds. The molecule has 2 heterocycles. The fourth-order valence-electron chi connectivity index (χ4n) is 3.54. The summed E-state index contributed by atoms with van der Waals surface area (Å²) in [4.78, 5) is 26.6. The first-order valence-corrected chi connectivity index (χ1v) is 9.53. The predicted molar refractivity (Wildman–Crippen MR) is 106 cm³/mol. The minimum Gasteiger partial charge on any atom is -0.491 e. The van der Waals surface area contributed by atoms with E-state index in [9.17, 15) is 14.7 Å². The summed E-state index contributed by atoms with van der Waals surface area (Å²) in [5.41, 5.74) is 1.38. The molecule has 150 valence electrons. The highest BCUT2D eigenvalue weighted by molar-refractivity contribution is 5.76. The molecule has 0 bridgehead atoms. The molecule has 1 aliphatic rings. The summed E-state index contributed by atoms with van der Waals surface area (Å²) in [6, 6.07) is 11.8. The van der Waals surface area contributed by atoms with Crippen molar-refractivity contribution in [3.05, 3.63) is 64.1 Å². The van der Waals surface area contributed by atoms with Crippen molar-refractivity contribution >= 4 is 5.91 Å². The van der Waals surface area contributed by atoms with Gasteiger partial charge in [-0.3, -0.25) is 14.5 Å². The molecule has 28 heavy (non-hydrogen) atoms. The fraction of sp³-hybridized carbons (Fsp3) is 0.429. The number of rotatable bonds is 7. The van der Waals surface area contributed by atoms with Crippen molar-refractivity contribution in [3.8, 4) is 5.75 Å². The quantitative estimate of drug-likeness (QED) is 0.747. The van der Waals surface area contributed by atoms with E-state index in [-0.39, 0.29) is 36.3 Å². The maximum absolute atomic E-state index is 12.5. The molecule has 1 aromatic heterocycles. The van der Waals surface area contributed by atoms with E-state index in [1.165, 1.54) is 24.9 Å². The Balaban J connectivity index is 1.52. The van der Waals surface area contributed by atoms with E-state index in [1.807, 2.05) is 6.07 Å². The molecule has 3 rings (SSSR count). The van der Waals surface area contributed by atoms with Crippen molar-refractivity contribution in [2.24, 2.45) is 0 Å². The highest BCUT2D eigenvalue weighted by atomic mass is 16.5. The summed E-state index contributed by atoms with van der Waals surface area (Å²) < 4.78 is 6.58. The van der Waals surface area contributed by atoms with Crippen LogP contribution in [0.1, 0.15) is 24.1 Å². The van der Waals surface area contributed by atoms with Crippen LogP contribution in [0.25, 0.3) is 0 Å². The number of hydrogen-bond acceptors (Lipinski definition) is 5. The van der Waals surface area contributed by atoms with Crippen LogP contribution in [0.2, 0.25) is 0 Å². The first-order valence-electron chi connectivity index (χ1n) is 9.53. The van der Waals surface area contributed by atoms with E-state index in [1.54, 1.807) is 4.57 Å². The predicted octanol–water partition coefficient (Wildman–Crippen LogP) is 1.13. The van der Waals surface area contributed by atoms with Crippen molar-refractivity contribution in [1.82, 2.24) is 14.8 Å². The van der Waals surface area contributed by atoms with Crippen LogP contribution in [0, 0.1) is 0 Å². The lowest BCUT2D eigenvalue weighted by Crippen LogP contribution is -2.45. The summed E-state index contributed by atoms with van der Waals surface area (Å²) in [7, 11) is 1.41. The van der Waals surface area contributed by atoms with E-state index >= 15 is 0 Å². The minimum absolute atomic E-state index is 0.0385. The number of carbonyl (C=O) groups is 1. The zero-order valence-electron chi connectivity index (χ0n) is 16.1. The number of amides is 1. The van der Waals surface area contributed by atoms with Crippen molar-refractivity contribution in [1.29, 1.82) is 0 Å². The number of likely N-dealkylation sites (tertiary alicyclic amines) is 1. The molecule has 0 radical (unpaired) electrons. The average molecular weight is 385 g/mol. The molecule has 1 saturated heterocycles.